The van der Waals surface area contributed by atoms with E-state index in [1.807, 2.05) is 18.4 Å². The van der Waals surface area contributed by atoms with Crippen LogP contribution in [-0.2, 0) is 0 Å². The molecule has 3 aromatic rings. The Kier molecular flexibility index (Phi) is 2.96. The van der Waals surface area contributed by atoms with Gasteiger partial charge in [-0.2, -0.15) is 15.1 Å². The summed E-state index contributed by atoms with van der Waals surface area (Å²) in [7, 11) is 0. The Morgan fingerprint density at radius 2 is 2.21 bits per heavy atom. The van der Waals surface area contributed by atoms with Gasteiger partial charge in [0.2, 0.25) is 5.95 Å². The molecule has 4 N–H and O–H groups in total. The molecule has 0 spiro atoms. The monoisotopic (exact) mass is 272 g/mol. The molecule has 0 atom stereocenters. The minimum atomic E-state index is 0.209. The number of nitrogen functional groups attached to an aromatic ring is 1. The SMILES string of the molecule is CSc1cccc(Nc2nc(N)nc3[nH]ncc23)c1. The van der Waals surface area contributed by atoms with Gasteiger partial charge in [-0.25, -0.2) is 0 Å². The molecule has 0 radical (unpaired) electrons. The van der Waals surface area contributed by atoms with E-state index in [4.69, 9.17) is 5.73 Å². The number of hydrogen-bond acceptors (Lipinski definition) is 6. The van der Waals surface area contributed by atoms with E-state index >= 15 is 0 Å². The highest BCUT2D eigenvalue weighted by molar-refractivity contribution is 7.98. The molecule has 0 aliphatic heterocycles. The van der Waals surface area contributed by atoms with Gasteiger partial charge in [-0.05, 0) is 24.5 Å². The predicted molar refractivity (Wildman–Crippen MR) is 77.6 cm³/mol. The first kappa shape index (κ1) is 11.8. The van der Waals surface area contributed by atoms with E-state index < -0.39 is 0 Å². The number of fused-ring (bicyclic) bond motifs is 1. The standard InChI is InChI=1S/C12H12N6S/c1-19-8-4-2-3-7(5-8)15-10-9-6-14-18-11(9)17-12(13)16-10/h2-6H,1H3,(H4,13,14,15,16,17,18). The van der Waals surface area contributed by atoms with Crippen molar-refractivity contribution in [3.05, 3.63) is 30.5 Å². The van der Waals surface area contributed by atoms with Crippen LogP contribution in [0, 0.1) is 0 Å². The zero-order valence-corrected chi connectivity index (χ0v) is 11.0. The average molecular weight is 272 g/mol. The Morgan fingerprint density at radius 1 is 1.32 bits per heavy atom. The van der Waals surface area contributed by atoms with Gasteiger partial charge in [-0.3, -0.25) is 5.10 Å². The first-order valence-electron chi connectivity index (χ1n) is 5.64. The molecule has 3 rings (SSSR count). The lowest BCUT2D eigenvalue weighted by Gasteiger charge is -2.08. The Morgan fingerprint density at radius 3 is 3.05 bits per heavy atom. The van der Waals surface area contributed by atoms with Crippen molar-refractivity contribution in [2.24, 2.45) is 0 Å². The second-order valence-corrected chi connectivity index (χ2v) is 4.80. The lowest BCUT2D eigenvalue weighted by Crippen LogP contribution is -2.00. The van der Waals surface area contributed by atoms with Gasteiger partial charge in [-0.15, -0.1) is 11.8 Å². The van der Waals surface area contributed by atoms with Crippen LogP contribution in [0.5, 0.6) is 0 Å². The van der Waals surface area contributed by atoms with Crippen molar-refractivity contribution in [2.45, 2.75) is 4.90 Å². The molecule has 0 saturated carbocycles. The maximum absolute atomic E-state index is 5.68. The first-order valence-corrected chi connectivity index (χ1v) is 6.86. The van der Waals surface area contributed by atoms with Gasteiger partial charge >= 0.3 is 0 Å². The second kappa shape index (κ2) is 4.77. The first-order chi connectivity index (χ1) is 9.26. The number of benzene rings is 1. The van der Waals surface area contributed by atoms with Crippen molar-refractivity contribution in [3.8, 4) is 0 Å². The van der Waals surface area contributed by atoms with E-state index in [1.165, 1.54) is 4.90 Å². The predicted octanol–water partition coefficient (Wildman–Crippen LogP) is 2.40. The van der Waals surface area contributed by atoms with Crippen molar-refractivity contribution < 1.29 is 0 Å². The molecular weight excluding hydrogens is 260 g/mol. The normalized spacial score (nSPS) is 10.8. The summed E-state index contributed by atoms with van der Waals surface area (Å²) in [5.74, 6) is 0.856. The third-order valence-corrected chi connectivity index (χ3v) is 3.38. The van der Waals surface area contributed by atoms with E-state index in [1.54, 1.807) is 18.0 Å². The second-order valence-electron chi connectivity index (χ2n) is 3.92. The van der Waals surface area contributed by atoms with Crippen LogP contribution < -0.4 is 11.1 Å². The Labute approximate surface area is 113 Å². The molecule has 2 heterocycles. The zero-order chi connectivity index (χ0) is 13.2. The van der Waals surface area contributed by atoms with Crippen molar-refractivity contribution in [1.29, 1.82) is 0 Å². The molecule has 19 heavy (non-hydrogen) atoms. The highest BCUT2D eigenvalue weighted by Crippen LogP contribution is 2.25. The zero-order valence-electron chi connectivity index (χ0n) is 10.2. The number of nitrogens with two attached hydrogens (primary N) is 1. The molecule has 6 nitrogen and oxygen atoms in total. The van der Waals surface area contributed by atoms with Crippen LogP contribution in [0.2, 0.25) is 0 Å². The smallest absolute Gasteiger partial charge is 0.224 e. The van der Waals surface area contributed by atoms with Crippen LogP contribution >= 0.6 is 11.8 Å². The Bertz CT molecular complexity index is 723. The van der Waals surface area contributed by atoms with E-state index in [0.29, 0.717) is 11.5 Å². The highest BCUT2D eigenvalue weighted by Gasteiger charge is 2.08. The summed E-state index contributed by atoms with van der Waals surface area (Å²) in [5.41, 5.74) is 7.25. The fourth-order valence-corrected chi connectivity index (χ4v) is 2.24. The molecular formula is C12H12N6S. The van der Waals surface area contributed by atoms with Crippen LogP contribution in [0.25, 0.3) is 11.0 Å². The molecule has 7 heteroatoms. The van der Waals surface area contributed by atoms with Gasteiger partial charge in [0.25, 0.3) is 0 Å². The summed E-state index contributed by atoms with van der Waals surface area (Å²) in [4.78, 5) is 9.47. The average Bonchev–Trinajstić information content (AvgIpc) is 2.87. The number of nitrogens with zero attached hydrogens (tertiary/aromatic N) is 3. The van der Waals surface area contributed by atoms with Gasteiger partial charge in [0.15, 0.2) is 5.65 Å². The number of nitrogens with one attached hydrogen (secondary N) is 2. The van der Waals surface area contributed by atoms with Crippen LogP contribution in [0.15, 0.2) is 35.4 Å². The number of rotatable bonds is 3. The number of hydrogen-bond donors (Lipinski definition) is 3. The summed E-state index contributed by atoms with van der Waals surface area (Å²) in [6.07, 6.45) is 3.71. The molecule has 0 amide bonds. The number of anilines is 3. The fraction of sp³-hybridized carbons (Fsp3) is 0.0833. The molecule has 0 aliphatic rings. The number of aromatic nitrogens is 4. The molecule has 0 fully saturated rings. The molecule has 0 saturated heterocycles. The lowest BCUT2D eigenvalue weighted by atomic mass is 10.3. The maximum Gasteiger partial charge on any atom is 0.224 e. The number of aromatic amines is 1. The van der Waals surface area contributed by atoms with Gasteiger partial charge in [0.05, 0.1) is 11.6 Å². The van der Waals surface area contributed by atoms with Crippen LogP contribution in [0.3, 0.4) is 0 Å². The van der Waals surface area contributed by atoms with Gasteiger partial charge in [0, 0.05) is 10.6 Å². The van der Waals surface area contributed by atoms with Crippen molar-refractivity contribution >= 4 is 40.2 Å². The topological polar surface area (TPSA) is 92.5 Å². The number of H-pyrrole nitrogens is 1. The summed E-state index contributed by atoms with van der Waals surface area (Å²) in [6.45, 7) is 0. The van der Waals surface area contributed by atoms with E-state index in [2.05, 4.69) is 37.6 Å². The number of thioether (sulfide) groups is 1. The molecule has 96 valence electrons. The molecule has 2 aromatic heterocycles. The molecule has 0 bridgehead atoms. The maximum atomic E-state index is 5.68. The van der Waals surface area contributed by atoms with E-state index in [0.717, 1.165) is 11.1 Å². The van der Waals surface area contributed by atoms with Gasteiger partial charge in [-0.1, -0.05) is 6.07 Å². The quantitative estimate of drug-likeness (QED) is 0.634. The van der Waals surface area contributed by atoms with E-state index in [-0.39, 0.29) is 5.95 Å². The van der Waals surface area contributed by atoms with Crippen LogP contribution in [-0.4, -0.2) is 26.4 Å². The van der Waals surface area contributed by atoms with Crippen molar-refractivity contribution in [2.75, 3.05) is 17.3 Å². The fourth-order valence-electron chi connectivity index (χ4n) is 1.79. The lowest BCUT2D eigenvalue weighted by molar-refractivity contribution is 1.09. The summed E-state index contributed by atoms with van der Waals surface area (Å²) < 4.78 is 0. The third-order valence-electron chi connectivity index (χ3n) is 2.66. The van der Waals surface area contributed by atoms with Crippen molar-refractivity contribution in [3.63, 3.8) is 0 Å². The van der Waals surface area contributed by atoms with Gasteiger partial charge < -0.3 is 11.1 Å². The molecule has 1 aromatic carbocycles. The summed E-state index contributed by atoms with van der Waals surface area (Å²) in [6, 6.07) is 8.07. The van der Waals surface area contributed by atoms with Crippen LogP contribution in [0.1, 0.15) is 0 Å². The molecule has 0 unspecified atom stereocenters. The molecule has 0 aliphatic carbocycles. The highest BCUT2D eigenvalue weighted by atomic mass is 32.2. The Balaban J connectivity index is 2.02. The largest absolute Gasteiger partial charge is 0.368 e. The minimum absolute atomic E-state index is 0.209. The summed E-state index contributed by atoms with van der Waals surface area (Å²) in [5, 5.41) is 10.8. The third kappa shape index (κ3) is 2.32. The Hall–Kier alpha value is -2.28. The van der Waals surface area contributed by atoms with Gasteiger partial charge in [0.1, 0.15) is 5.82 Å². The summed E-state index contributed by atoms with van der Waals surface area (Å²) >= 11 is 1.69. The van der Waals surface area contributed by atoms with E-state index in [9.17, 15) is 0 Å². The van der Waals surface area contributed by atoms with Crippen molar-refractivity contribution in [1.82, 2.24) is 20.2 Å². The van der Waals surface area contributed by atoms with Crippen LogP contribution in [0.4, 0.5) is 17.5 Å². The minimum Gasteiger partial charge on any atom is -0.368 e.